The molecule has 13 nitrogen and oxygen atoms in total. The summed E-state index contributed by atoms with van der Waals surface area (Å²) in [4.78, 5) is 62.0. The normalized spacial score (nSPS) is 18.6. The van der Waals surface area contributed by atoms with E-state index in [1.807, 2.05) is 26.8 Å². The molecule has 4 rings (SSSR count). The molecule has 4 heterocycles. The van der Waals surface area contributed by atoms with Gasteiger partial charge in [-0.25, -0.2) is 14.6 Å². The van der Waals surface area contributed by atoms with Crippen LogP contribution in [-0.4, -0.2) is 79.9 Å². The van der Waals surface area contributed by atoms with Crippen LogP contribution in [0.25, 0.3) is 6.08 Å². The number of esters is 2. The van der Waals surface area contributed by atoms with Gasteiger partial charge in [0.05, 0.1) is 12.2 Å². The Bertz CT molecular complexity index is 1550. The van der Waals surface area contributed by atoms with Crippen LogP contribution in [0.3, 0.4) is 0 Å². The number of thioether (sulfide) groups is 1. The van der Waals surface area contributed by atoms with Gasteiger partial charge in [-0.2, -0.15) is 0 Å². The van der Waals surface area contributed by atoms with Crippen molar-refractivity contribution in [3.05, 3.63) is 70.2 Å². The number of nitrogens with two attached hydrogens (primary N) is 1. The molecule has 238 valence electrons. The fraction of sp³-hybridized carbons (Fsp3) is 0.367. The average molecular weight is 655 g/mol. The number of nitrogen functional groups attached to an aromatic ring is 1. The molecule has 4 N–H and O–H groups in total. The van der Waals surface area contributed by atoms with E-state index in [2.05, 4.69) is 20.4 Å². The molecule has 0 bridgehead atoms. The number of allylic oxidation sites excluding steroid dienone is 2. The van der Waals surface area contributed by atoms with Crippen LogP contribution in [0.2, 0.25) is 0 Å². The molecular weight excluding hydrogens is 620 g/mol. The van der Waals surface area contributed by atoms with Crippen molar-refractivity contribution in [3.63, 3.8) is 0 Å². The van der Waals surface area contributed by atoms with E-state index < -0.39 is 40.9 Å². The smallest absolute Gasteiger partial charge is 0.355 e. The van der Waals surface area contributed by atoms with Gasteiger partial charge in [0.2, 0.25) is 0 Å². The number of carbonyl (C=O) groups is 4. The Hall–Kier alpha value is -4.50. The SMILES string of the molecule is CC/C=C(\COC(=O)C1=C(/C=C\c2cccnc2)CS[C@@H]2[C@H](NC(=O)/C(=N\O)c3csc(N)n3)C(=O)N12)C(=O)OCCC(C)C. The molecule has 0 radical (unpaired) electrons. The zero-order valence-electron chi connectivity index (χ0n) is 25.0. The first kappa shape index (κ1) is 33.4. The highest BCUT2D eigenvalue weighted by molar-refractivity contribution is 8.00. The summed E-state index contributed by atoms with van der Waals surface area (Å²) in [7, 11) is 0. The quantitative estimate of drug-likeness (QED) is 0.0719. The number of oxime groups is 1. The number of pyridine rings is 1. The summed E-state index contributed by atoms with van der Waals surface area (Å²) >= 11 is 2.40. The number of rotatable bonds is 13. The topological polar surface area (TPSA) is 186 Å². The Balaban J connectivity index is 1.54. The zero-order chi connectivity index (χ0) is 32.5. The van der Waals surface area contributed by atoms with E-state index in [0.29, 0.717) is 30.1 Å². The summed E-state index contributed by atoms with van der Waals surface area (Å²) < 4.78 is 10.9. The highest BCUT2D eigenvalue weighted by atomic mass is 32.2. The van der Waals surface area contributed by atoms with Gasteiger partial charge in [-0.15, -0.1) is 23.1 Å². The van der Waals surface area contributed by atoms with Gasteiger partial charge >= 0.3 is 11.9 Å². The molecule has 45 heavy (non-hydrogen) atoms. The lowest BCUT2D eigenvalue weighted by Gasteiger charge is -2.49. The number of nitrogens with zero attached hydrogens (tertiary/aromatic N) is 4. The van der Waals surface area contributed by atoms with Crippen LogP contribution in [0, 0.1) is 5.92 Å². The number of hydrogen-bond donors (Lipinski definition) is 3. The number of aromatic nitrogens is 2. The minimum Gasteiger partial charge on any atom is -0.462 e. The number of β-lactam (4-membered cyclic amide) rings is 1. The molecule has 2 atom stereocenters. The van der Waals surface area contributed by atoms with E-state index >= 15 is 0 Å². The van der Waals surface area contributed by atoms with Crippen LogP contribution < -0.4 is 11.1 Å². The van der Waals surface area contributed by atoms with Gasteiger partial charge in [0.15, 0.2) is 10.8 Å². The molecule has 0 unspecified atom stereocenters. The van der Waals surface area contributed by atoms with E-state index in [1.165, 1.54) is 22.0 Å². The van der Waals surface area contributed by atoms with Crippen LogP contribution in [0.15, 0.2) is 64.1 Å². The first-order chi connectivity index (χ1) is 21.6. The molecule has 2 aliphatic rings. The lowest BCUT2D eigenvalue weighted by Crippen LogP contribution is -2.71. The monoisotopic (exact) mass is 654 g/mol. The summed E-state index contributed by atoms with van der Waals surface area (Å²) in [6, 6.07) is 2.59. The number of fused-ring (bicyclic) bond motifs is 1. The molecule has 2 aromatic heterocycles. The van der Waals surface area contributed by atoms with Crippen LogP contribution >= 0.6 is 23.1 Å². The number of thiazole rings is 1. The number of ether oxygens (including phenoxy) is 2. The van der Waals surface area contributed by atoms with Gasteiger partial charge in [0.1, 0.15) is 29.4 Å². The van der Waals surface area contributed by atoms with Gasteiger partial charge in [-0.3, -0.25) is 19.5 Å². The molecule has 1 saturated heterocycles. The van der Waals surface area contributed by atoms with Crippen molar-refractivity contribution in [2.75, 3.05) is 24.7 Å². The third-order valence-corrected chi connectivity index (χ3v) is 8.69. The molecule has 0 aliphatic carbocycles. The van der Waals surface area contributed by atoms with Gasteiger partial charge in [-0.1, -0.05) is 50.2 Å². The van der Waals surface area contributed by atoms with Gasteiger partial charge in [-0.05, 0) is 36.0 Å². The summed E-state index contributed by atoms with van der Waals surface area (Å²) in [5.74, 6) is -2.11. The molecule has 2 amide bonds. The molecule has 0 spiro atoms. The van der Waals surface area contributed by atoms with Crippen LogP contribution in [-0.2, 0) is 28.7 Å². The Morgan fingerprint density at radius 1 is 1.29 bits per heavy atom. The third kappa shape index (κ3) is 8.16. The van der Waals surface area contributed by atoms with Crippen molar-refractivity contribution < 1.29 is 33.9 Å². The van der Waals surface area contributed by atoms with E-state index in [9.17, 15) is 24.4 Å². The largest absolute Gasteiger partial charge is 0.462 e. The second-order valence-electron chi connectivity index (χ2n) is 10.4. The van der Waals surface area contributed by atoms with Gasteiger partial charge in [0, 0.05) is 23.5 Å². The summed E-state index contributed by atoms with van der Waals surface area (Å²) in [5, 5.41) is 16.0. The molecule has 0 aromatic carbocycles. The molecular formula is C30H34N6O7S2. The maximum absolute atomic E-state index is 13.6. The zero-order valence-corrected chi connectivity index (χ0v) is 26.6. The van der Waals surface area contributed by atoms with Crippen LogP contribution in [0.4, 0.5) is 5.13 Å². The first-order valence-electron chi connectivity index (χ1n) is 14.2. The van der Waals surface area contributed by atoms with Gasteiger partial charge in [0.25, 0.3) is 11.8 Å². The van der Waals surface area contributed by atoms with E-state index in [0.717, 1.165) is 16.9 Å². The Morgan fingerprint density at radius 3 is 2.73 bits per heavy atom. The molecule has 2 aliphatic heterocycles. The number of hydrogen-bond acceptors (Lipinski definition) is 13. The van der Waals surface area contributed by atoms with Crippen molar-refractivity contribution >= 4 is 63.8 Å². The standard InChI is InChI=1S/C30H34N6O7S2/c1-4-6-19(28(39)42-12-10-17(2)3)14-43-29(40)24-20(9-8-18-7-5-11-32-13-18)15-44-27-23(26(38)36(24)27)34-25(37)22(35-41)21-16-45-30(31)33-21/h5-9,11,13,16-17,23,27,41H,4,10,12,14-15H2,1-3H3,(H2,31,33)(H,34,37)/b9-8-,19-6+,35-22-/t23-,27-/m1/s1. The summed E-state index contributed by atoms with van der Waals surface area (Å²) in [6.45, 7) is 5.78. The fourth-order valence-corrected chi connectivity index (χ4v) is 6.26. The van der Waals surface area contributed by atoms with Crippen molar-refractivity contribution in [1.29, 1.82) is 0 Å². The van der Waals surface area contributed by atoms with Crippen LogP contribution in [0.1, 0.15) is 44.9 Å². The maximum atomic E-state index is 13.6. The lowest BCUT2D eigenvalue weighted by molar-refractivity contribution is -0.152. The first-order valence-corrected chi connectivity index (χ1v) is 16.1. The molecule has 15 heteroatoms. The number of anilines is 1. The fourth-order valence-electron chi connectivity index (χ4n) is 4.39. The Kier molecular flexibility index (Phi) is 11.5. The predicted octanol–water partition coefficient (Wildman–Crippen LogP) is 3.13. The van der Waals surface area contributed by atoms with Crippen molar-refractivity contribution in [3.8, 4) is 0 Å². The minimum atomic E-state index is -1.02. The third-order valence-electron chi connectivity index (χ3n) is 6.72. The second-order valence-corrected chi connectivity index (χ2v) is 12.4. The van der Waals surface area contributed by atoms with E-state index in [1.54, 1.807) is 36.7 Å². The minimum absolute atomic E-state index is 0.00161. The van der Waals surface area contributed by atoms with Crippen molar-refractivity contribution in [1.82, 2.24) is 20.2 Å². The number of amides is 2. The molecule has 2 aromatic rings. The van der Waals surface area contributed by atoms with Crippen molar-refractivity contribution in [2.24, 2.45) is 11.1 Å². The number of carbonyl (C=O) groups excluding carboxylic acids is 4. The summed E-state index contributed by atoms with van der Waals surface area (Å²) in [6.07, 6.45) is 9.61. The Morgan fingerprint density at radius 2 is 2.09 bits per heavy atom. The van der Waals surface area contributed by atoms with Gasteiger partial charge < -0.3 is 25.7 Å². The van der Waals surface area contributed by atoms with E-state index in [-0.39, 0.29) is 35.3 Å². The van der Waals surface area contributed by atoms with E-state index in [4.69, 9.17) is 15.2 Å². The maximum Gasteiger partial charge on any atom is 0.355 e. The number of nitrogens with one attached hydrogen (secondary N) is 1. The predicted molar refractivity (Wildman–Crippen MR) is 170 cm³/mol. The van der Waals surface area contributed by atoms with Crippen molar-refractivity contribution in [2.45, 2.75) is 45.0 Å². The summed E-state index contributed by atoms with van der Waals surface area (Å²) in [5.41, 5.74) is 6.78. The highest BCUT2D eigenvalue weighted by Gasteiger charge is 2.54. The highest BCUT2D eigenvalue weighted by Crippen LogP contribution is 2.41. The molecule has 1 fully saturated rings. The Labute approximate surface area is 268 Å². The average Bonchev–Trinajstić information content (AvgIpc) is 3.46. The van der Waals surface area contributed by atoms with Crippen LogP contribution in [0.5, 0.6) is 0 Å². The second kappa shape index (κ2) is 15.5. The molecule has 0 saturated carbocycles. The lowest BCUT2D eigenvalue weighted by atomic mass is 10.0.